The van der Waals surface area contributed by atoms with Crippen molar-refractivity contribution in [3.63, 3.8) is 0 Å². The number of thiophene rings is 1. The summed E-state index contributed by atoms with van der Waals surface area (Å²) in [7, 11) is 1.91. The van der Waals surface area contributed by atoms with Crippen molar-refractivity contribution in [2.75, 3.05) is 12.3 Å². The lowest BCUT2D eigenvalue weighted by Crippen LogP contribution is -2.09. The summed E-state index contributed by atoms with van der Waals surface area (Å²) in [6.45, 7) is 2.20. The highest BCUT2D eigenvalue weighted by Gasteiger charge is 2.12. The fourth-order valence-electron chi connectivity index (χ4n) is 1.54. The maximum Gasteiger partial charge on any atom is 0.348 e. The van der Waals surface area contributed by atoms with E-state index in [4.69, 9.17) is 10.5 Å². The zero-order valence-electron chi connectivity index (χ0n) is 10.3. The van der Waals surface area contributed by atoms with E-state index < -0.39 is 0 Å². The first-order valence-electron chi connectivity index (χ1n) is 5.57. The van der Waals surface area contributed by atoms with Crippen LogP contribution in [0.2, 0.25) is 0 Å². The second-order valence-corrected chi connectivity index (χ2v) is 5.22. The molecule has 2 aromatic heterocycles. The molecule has 96 valence electrons. The van der Waals surface area contributed by atoms with E-state index >= 15 is 0 Å². The number of esters is 1. The highest BCUT2D eigenvalue weighted by atomic mass is 32.1. The number of carbonyl (C=O) groups is 1. The first-order valence-corrected chi connectivity index (χ1v) is 6.39. The highest BCUT2D eigenvalue weighted by Crippen LogP contribution is 2.23. The van der Waals surface area contributed by atoms with Crippen molar-refractivity contribution < 1.29 is 9.53 Å². The number of anilines is 1. The fraction of sp³-hybridized carbons (Fsp3) is 0.333. The van der Waals surface area contributed by atoms with Gasteiger partial charge in [-0.2, -0.15) is 0 Å². The number of nitrogen functional groups attached to an aromatic ring is 1. The molecule has 0 radical (unpaired) electrons. The van der Waals surface area contributed by atoms with Crippen molar-refractivity contribution >= 4 is 23.0 Å². The second-order valence-electron chi connectivity index (χ2n) is 3.96. The molecular formula is C12H15N3O2S. The van der Waals surface area contributed by atoms with Crippen LogP contribution in [-0.4, -0.2) is 22.1 Å². The van der Waals surface area contributed by atoms with E-state index in [1.54, 1.807) is 12.3 Å². The molecule has 0 saturated heterocycles. The Hall–Kier alpha value is -1.82. The van der Waals surface area contributed by atoms with Crippen molar-refractivity contribution in [1.82, 2.24) is 9.55 Å². The van der Waals surface area contributed by atoms with E-state index in [2.05, 4.69) is 4.98 Å². The normalized spacial score (nSPS) is 10.6. The summed E-state index contributed by atoms with van der Waals surface area (Å²) in [5.41, 5.74) is 6.33. The molecule has 2 heterocycles. The van der Waals surface area contributed by atoms with Crippen molar-refractivity contribution in [3.8, 4) is 0 Å². The van der Waals surface area contributed by atoms with Gasteiger partial charge in [0.25, 0.3) is 0 Å². The molecule has 0 aliphatic heterocycles. The minimum atomic E-state index is -0.325. The predicted octanol–water partition coefficient (Wildman–Crippen LogP) is 1.77. The third kappa shape index (κ3) is 2.70. The van der Waals surface area contributed by atoms with Crippen LogP contribution in [0, 0.1) is 6.92 Å². The van der Waals surface area contributed by atoms with Crippen LogP contribution in [0.15, 0.2) is 18.5 Å². The van der Waals surface area contributed by atoms with Crippen LogP contribution < -0.4 is 5.73 Å². The molecule has 0 aromatic carbocycles. The molecule has 0 aliphatic carbocycles. The molecule has 0 aliphatic rings. The smallest absolute Gasteiger partial charge is 0.348 e. The Balaban J connectivity index is 1.87. The molecule has 6 heteroatoms. The molecule has 2 aromatic rings. The molecule has 2 N–H and O–H groups in total. The summed E-state index contributed by atoms with van der Waals surface area (Å²) in [6, 6.07) is 1.66. The molecule has 0 spiro atoms. The number of nitrogens with two attached hydrogens (primary N) is 1. The lowest BCUT2D eigenvalue weighted by molar-refractivity contribution is 0.0512. The highest BCUT2D eigenvalue weighted by molar-refractivity contribution is 7.14. The van der Waals surface area contributed by atoms with Crippen LogP contribution in [0.1, 0.15) is 20.4 Å². The molecular weight excluding hydrogens is 250 g/mol. The maximum atomic E-state index is 11.7. The lowest BCUT2D eigenvalue weighted by atomic mass is 10.4. The lowest BCUT2D eigenvalue weighted by Gasteiger charge is -2.03. The number of hydrogen-bond donors (Lipinski definition) is 1. The van der Waals surface area contributed by atoms with Gasteiger partial charge in [-0.3, -0.25) is 0 Å². The van der Waals surface area contributed by atoms with Crippen molar-refractivity contribution in [2.24, 2.45) is 7.05 Å². The topological polar surface area (TPSA) is 70.1 Å². The Morgan fingerprint density at radius 2 is 2.39 bits per heavy atom. The average molecular weight is 265 g/mol. The number of ether oxygens (including phenoxy) is 1. The zero-order valence-corrected chi connectivity index (χ0v) is 11.2. The summed E-state index contributed by atoms with van der Waals surface area (Å²) in [5, 5.41) is 0. The Morgan fingerprint density at radius 1 is 1.61 bits per heavy atom. The molecule has 0 unspecified atom stereocenters. The predicted molar refractivity (Wildman–Crippen MR) is 70.7 cm³/mol. The minimum Gasteiger partial charge on any atom is -0.461 e. The van der Waals surface area contributed by atoms with Crippen LogP contribution in [0.4, 0.5) is 5.69 Å². The summed E-state index contributed by atoms with van der Waals surface area (Å²) < 4.78 is 7.09. The van der Waals surface area contributed by atoms with E-state index in [0.29, 0.717) is 23.6 Å². The van der Waals surface area contributed by atoms with Gasteiger partial charge in [-0.1, -0.05) is 0 Å². The largest absolute Gasteiger partial charge is 0.461 e. The quantitative estimate of drug-likeness (QED) is 0.855. The number of imidazole rings is 1. The third-order valence-corrected chi connectivity index (χ3v) is 3.68. The van der Waals surface area contributed by atoms with Crippen molar-refractivity contribution in [2.45, 2.75) is 13.3 Å². The first kappa shape index (κ1) is 12.6. The zero-order chi connectivity index (χ0) is 13.1. The van der Waals surface area contributed by atoms with Crippen LogP contribution in [0.25, 0.3) is 0 Å². The van der Waals surface area contributed by atoms with Gasteiger partial charge in [0.2, 0.25) is 0 Å². The van der Waals surface area contributed by atoms with Gasteiger partial charge >= 0.3 is 5.97 Å². The van der Waals surface area contributed by atoms with E-state index in [1.165, 1.54) is 11.3 Å². The molecule has 18 heavy (non-hydrogen) atoms. The van der Waals surface area contributed by atoms with Crippen molar-refractivity contribution in [1.29, 1.82) is 0 Å². The Labute approximate surface area is 109 Å². The molecule has 0 atom stereocenters. The van der Waals surface area contributed by atoms with Gasteiger partial charge < -0.3 is 15.0 Å². The van der Waals surface area contributed by atoms with Gasteiger partial charge in [0.15, 0.2) is 0 Å². The average Bonchev–Trinajstić information content (AvgIpc) is 2.87. The summed E-state index contributed by atoms with van der Waals surface area (Å²) >= 11 is 1.35. The third-order valence-electron chi connectivity index (χ3n) is 2.64. The Bertz CT molecular complexity index is 540. The van der Waals surface area contributed by atoms with E-state index in [1.807, 2.05) is 24.7 Å². The van der Waals surface area contributed by atoms with Gasteiger partial charge in [-0.15, -0.1) is 11.3 Å². The molecule has 0 fully saturated rings. The molecule has 2 rings (SSSR count). The van der Waals surface area contributed by atoms with Crippen molar-refractivity contribution in [3.05, 3.63) is 34.0 Å². The van der Waals surface area contributed by atoms with Gasteiger partial charge in [0, 0.05) is 36.4 Å². The van der Waals surface area contributed by atoms with Crippen LogP contribution >= 0.6 is 11.3 Å². The second kappa shape index (κ2) is 5.22. The molecule has 5 nitrogen and oxygen atoms in total. The SMILES string of the molecule is Cc1sc(C(=O)OCCc2nccn2C)cc1N. The minimum absolute atomic E-state index is 0.320. The van der Waals surface area contributed by atoms with Gasteiger partial charge in [-0.05, 0) is 13.0 Å². The number of aryl methyl sites for hydroxylation is 2. The first-order chi connectivity index (χ1) is 8.58. The van der Waals surface area contributed by atoms with Gasteiger partial charge in [-0.25, -0.2) is 9.78 Å². The summed E-state index contributed by atoms with van der Waals surface area (Å²) in [4.78, 5) is 17.4. The van der Waals surface area contributed by atoms with E-state index in [-0.39, 0.29) is 5.97 Å². The molecule has 0 saturated carbocycles. The number of hydrogen-bond acceptors (Lipinski definition) is 5. The van der Waals surface area contributed by atoms with Gasteiger partial charge in [0.05, 0.1) is 6.61 Å². The van der Waals surface area contributed by atoms with E-state index in [0.717, 1.165) is 10.7 Å². The number of rotatable bonds is 4. The number of carbonyl (C=O) groups excluding carboxylic acids is 1. The molecule has 0 amide bonds. The standard InChI is InChI=1S/C12H15N3O2S/c1-8-9(13)7-10(18-8)12(16)17-6-3-11-14-4-5-15(11)2/h4-5,7H,3,6,13H2,1-2H3. The number of nitrogens with zero attached hydrogens (tertiary/aromatic N) is 2. The van der Waals surface area contributed by atoms with Crippen LogP contribution in [0.3, 0.4) is 0 Å². The number of aromatic nitrogens is 2. The Kier molecular flexibility index (Phi) is 3.66. The molecule has 0 bridgehead atoms. The van der Waals surface area contributed by atoms with E-state index in [9.17, 15) is 4.79 Å². The monoisotopic (exact) mass is 265 g/mol. The van der Waals surface area contributed by atoms with Crippen LogP contribution in [0.5, 0.6) is 0 Å². The fourth-order valence-corrected chi connectivity index (χ4v) is 2.38. The van der Waals surface area contributed by atoms with Gasteiger partial charge in [0.1, 0.15) is 10.7 Å². The Morgan fingerprint density at radius 3 is 2.94 bits per heavy atom. The summed E-state index contributed by atoms with van der Waals surface area (Å²) in [6.07, 6.45) is 4.19. The van der Waals surface area contributed by atoms with Crippen LogP contribution in [-0.2, 0) is 18.2 Å². The maximum absolute atomic E-state index is 11.7. The summed E-state index contributed by atoms with van der Waals surface area (Å²) in [5.74, 6) is 0.568.